The van der Waals surface area contributed by atoms with Crippen LogP contribution in [0.25, 0.3) is 0 Å². The number of rotatable bonds is 7. The fraction of sp³-hybridized carbons (Fsp3) is 0.316. The molecule has 0 heterocycles. The van der Waals surface area contributed by atoms with Crippen LogP contribution in [0.15, 0.2) is 53.4 Å². The first-order valence-electron chi connectivity index (χ1n) is 8.86. The Bertz CT molecular complexity index is 958. The van der Waals surface area contributed by atoms with Gasteiger partial charge < -0.3 is 0 Å². The first-order valence-corrected chi connectivity index (χ1v) is 10.7. The molecule has 0 aromatic heterocycles. The number of halogens is 1. The van der Waals surface area contributed by atoms with Crippen molar-refractivity contribution in [3.8, 4) is 0 Å². The molecule has 0 radical (unpaired) electrons. The third-order valence-electron chi connectivity index (χ3n) is 4.80. The van der Waals surface area contributed by atoms with Gasteiger partial charge in [0.25, 0.3) is 0 Å². The van der Waals surface area contributed by atoms with E-state index in [4.69, 9.17) is 11.6 Å². The normalized spacial score (nSPS) is 21.5. The Kier molecular flexibility index (Phi) is 4.84. The Labute approximate surface area is 163 Å². The third-order valence-corrected chi connectivity index (χ3v) is 6.57. The van der Waals surface area contributed by atoms with Crippen molar-refractivity contribution < 1.29 is 13.2 Å². The molecule has 27 heavy (non-hydrogen) atoms. The number of hydrogen-bond donors (Lipinski definition) is 3. The molecule has 0 saturated heterocycles. The molecule has 4 rings (SSSR count). The summed E-state index contributed by atoms with van der Waals surface area (Å²) in [6.07, 6.45) is 2.57. The van der Waals surface area contributed by atoms with Crippen LogP contribution >= 0.6 is 11.6 Å². The van der Waals surface area contributed by atoms with E-state index in [0.717, 1.165) is 24.8 Å². The molecule has 2 aliphatic rings. The zero-order chi connectivity index (χ0) is 19.0. The van der Waals surface area contributed by atoms with E-state index in [1.165, 1.54) is 12.1 Å². The molecule has 2 aromatic rings. The van der Waals surface area contributed by atoms with E-state index in [9.17, 15) is 13.2 Å². The van der Waals surface area contributed by atoms with Gasteiger partial charge >= 0.3 is 0 Å². The van der Waals surface area contributed by atoms with Gasteiger partial charge in [-0.25, -0.2) is 13.1 Å². The molecule has 6 nitrogen and oxygen atoms in total. The molecule has 0 spiro atoms. The standard InChI is InChI=1S/C19H20ClN3O3S/c20-13-3-1-2-12(10-13)17-11-18(17)19(24)22-21-14-6-8-16(9-7-14)27(25,26)23-15-4-5-15/h1-3,6-10,15,17-18,21,23H,4-5,11H2,(H,22,24). The van der Waals surface area contributed by atoms with Crippen molar-refractivity contribution in [1.29, 1.82) is 0 Å². The minimum absolute atomic E-state index is 0.0677. The summed E-state index contributed by atoms with van der Waals surface area (Å²) in [5.74, 6) is 0.0111. The number of carbonyl (C=O) groups is 1. The summed E-state index contributed by atoms with van der Waals surface area (Å²) in [7, 11) is -3.47. The number of carbonyl (C=O) groups excluding carboxylic acids is 1. The van der Waals surface area contributed by atoms with Gasteiger partial charge in [-0.2, -0.15) is 0 Å². The minimum Gasteiger partial charge on any atom is -0.299 e. The quantitative estimate of drug-likeness (QED) is 0.618. The van der Waals surface area contributed by atoms with Crippen LogP contribution in [-0.2, 0) is 14.8 Å². The van der Waals surface area contributed by atoms with Gasteiger partial charge in [0.05, 0.1) is 10.6 Å². The van der Waals surface area contributed by atoms with E-state index in [0.29, 0.717) is 10.7 Å². The molecule has 8 heteroatoms. The highest BCUT2D eigenvalue weighted by atomic mass is 35.5. The maximum atomic E-state index is 12.3. The lowest BCUT2D eigenvalue weighted by molar-refractivity contribution is -0.121. The molecular formula is C19H20ClN3O3S. The minimum atomic E-state index is -3.47. The van der Waals surface area contributed by atoms with Crippen LogP contribution in [0.2, 0.25) is 5.02 Å². The molecule has 2 atom stereocenters. The highest BCUT2D eigenvalue weighted by Gasteiger charge is 2.44. The molecular weight excluding hydrogens is 386 g/mol. The van der Waals surface area contributed by atoms with Gasteiger partial charge in [-0.15, -0.1) is 0 Å². The van der Waals surface area contributed by atoms with E-state index in [-0.39, 0.29) is 28.7 Å². The summed E-state index contributed by atoms with van der Waals surface area (Å²) in [5.41, 5.74) is 7.22. The first-order chi connectivity index (χ1) is 12.9. The van der Waals surface area contributed by atoms with Gasteiger partial charge in [0, 0.05) is 17.0 Å². The van der Waals surface area contributed by atoms with E-state index in [1.54, 1.807) is 12.1 Å². The average molecular weight is 406 g/mol. The average Bonchev–Trinajstić information content (AvgIpc) is 3.54. The first kappa shape index (κ1) is 18.3. The number of anilines is 1. The Morgan fingerprint density at radius 3 is 2.48 bits per heavy atom. The smallest absolute Gasteiger partial charge is 0.242 e. The second-order valence-corrected chi connectivity index (χ2v) is 9.19. The predicted octanol–water partition coefficient (Wildman–Crippen LogP) is 3.03. The summed E-state index contributed by atoms with van der Waals surface area (Å²) in [6, 6.07) is 13.9. The Morgan fingerprint density at radius 1 is 1.07 bits per heavy atom. The van der Waals surface area contributed by atoms with Crippen LogP contribution in [0.1, 0.15) is 30.7 Å². The van der Waals surface area contributed by atoms with Crippen molar-refractivity contribution in [1.82, 2.24) is 10.1 Å². The van der Waals surface area contributed by atoms with Crippen LogP contribution in [0.4, 0.5) is 5.69 Å². The highest BCUT2D eigenvalue weighted by Crippen LogP contribution is 2.47. The van der Waals surface area contributed by atoms with Gasteiger partial charge in [-0.05, 0) is 67.1 Å². The number of benzene rings is 2. The van der Waals surface area contributed by atoms with Crippen LogP contribution in [0.3, 0.4) is 0 Å². The van der Waals surface area contributed by atoms with Crippen LogP contribution in [0, 0.1) is 5.92 Å². The second kappa shape index (κ2) is 7.14. The van der Waals surface area contributed by atoms with Crippen molar-refractivity contribution in [2.75, 3.05) is 5.43 Å². The van der Waals surface area contributed by atoms with Gasteiger partial charge in [-0.1, -0.05) is 23.7 Å². The zero-order valence-corrected chi connectivity index (χ0v) is 16.1. The van der Waals surface area contributed by atoms with Crippen LogP contribution < -0.4 is 15.6 Å². The van der Waals surface area contributed by atoms with Crippen molar-refractivity contribution >= 4 is 33.2 Å². The highest BCUT2D eigenvalue weighted by molar-refractivity contribution is 7.89. The lowest BCUT2D eigenvalue weighted by atomic mass is 10.1. The Hall–Kier alpha value is -2.09. The topological polar surface area (TPSA) is 87.3 Å². The molecule has 142 valence electrons. The number of hydrazine groups is 1. The molecule has 0 aliphatic heterocycles. The summed E-state index contributed by atoms with van der Waals surface area (Å²) >= 11 is 6.00. The SMILES string of the molecule is O=C(NNc1ccc(S(=O)(=O)NC2CC2)cc1)C1CC1c1cccc(Cl)c1. The van der Waals surface area contributed by atoms with E-state index < -0.39 is 10.0 Å². The number of sulfonamides is 1. The van der Waals surface area contributed by atoms with Gasteiger partial charge in [0.2, 0.25) is 15.9 Å². The molecule has 2 aromatic carbocycles. The van der Waals surface area contributed by atoms with Crippen LogP contribution in [-0.4, -0.2) is 20.4 Å². The summed E-state index contributed by atoms with van der Waals surface area (Å²) < 4.78 is 26.9. The van der Waals surface area contributed by atoms with Crippen molar-refractivity contribution in [2.24, 2.45) is 5.92 Å². The van der Waals surface area contributed by atoms with E-state index in [2.05, 4.69) is 15.6 Å². The fourth-order valence-corrected chi connectivity index (χ4v) is 4.53. The maximum Gasteiger partial charge on any atom is 0.242 e. The second-order valence-electron chi connectivity index (χ2n) is 7.04. The molecule has 2 fully saturated rings. The van der Waals surface area contributed by atoms with Crippen molar-refractivity contribution in [2.45, 2.75) is 36.1 Å². The molecule has 2 unspecified atom stereocenters. The zero-order valence-electron chi connectivity index (χ0n) is 14.5. The monoisotopic (exact) mass is 405 g/mol. The van der Waals surface area contributed by atoms with Gasteiger partial charge in [0.15, 0.2) is 0 Å². The van der Waals surface area contributed by atoms with Gasteiger partial charge in [0.1, 0.15) is 0 Å². The molecule has 2 aliphatic carbocycles. The van der Waals surface area contributed by atoms with Crippen molar-refractivity contribution in [3.05, 3.63) is 59.1 Å². The summed E-state index contributed by atoms with van der Waals surface area (Å²) in [6.45, 7) is 0. The van der Waals surface area contributed by atoms with Crippen LogP contribution in [0.5, 0.6) is 0 Å². The van der Waals surface area contributed by atoms with Gasteiger partial charge in [-0.3, -0.25) is 15.6 Å². The fourth-order valence-electron chi connectivity index (χ4n) is 3.02. The summed E-state index contributed by atoms with van der Waals surface area (Å²) in [5, 5.41) is 0.669. The predicted molar refractivity (Wildman–Crippen MR) is 104 cm³/mol. The Balaban J connectivity index is 1.31. The number of amides is 1. The molecule has 3 N–H and O–H groups in total. The largest absolute Gasteiger partial charge is 0.299 e. The molecule has 1 amide bonds. The lowest BCUT2D eigenvalue weighted by Crippen LogP contribution is -2.31. The maximum absolute atomic E-state index is 12.3. The molecule has 2 saturated carbocycles. The van der Waals surface area contributed by atoms with E-state index >= 15 is 0 Å². The van der Waals surface area contributed by atoms with E-state index in [1.807, 2.05) is 24.3 Å². The third kappa shape index (κ3) is 4.43. The number of hydrogen-bond acceptors (Lipinski definition) is 4. The summed E-state index contributed by atoms with van der Waals surface area (Å²) in [4.78, 5) is 12.5. The Morgan fingerprint density at radius 2 is 1.81 bits per heavy atom. The lowest BCUT2D eigenvalue weighted by Gasteiger charge is -2.10. The molecule has 0 bridgehead atoms. The van der Waals surface area contributed by atoms with Crippen molar-refractivity contribution in [3.63, 3.8) is 0 Å². The number of nitrogens with one attached hydrogen (secondary N) is 3.